The second-order valence-electron chi connectivity index (χ2n) is 9.40. The summed E-state index contributed by atoms with van der Waals surface area (Å²) in [6.07, 6.45) is 3.92. The summed E-state index contributed by atoms with van der Waals surface area (Å²) in [7, 11) is 0. The molecule has 40 heavy (non-hydrogen) atoms. The van der Waals surface area contributed by atoms with Gasteiger partial charge in [0, 0.05) is 5.56 Å². The van der Waals surface area contributed by atoms with E-state index in [1.807, 2.05) is 92.0 Å². The summed E-state index contributed by atoms with van der Waals surface area (Å²) in [5.74, 6) is 0.852. The first-order valence-corrected chi connectivity index (χ1v) is 14.4. The fourth-order valence-corrected chi connectivity index (χ4v) is 4.88. The zero-order chi connectivity index (χ0) is 27.6. The van der Waals surface area contributed by atoms with Crippen molar-refractivity contribution in [2.75, 3.05) is 12.0 Å². The fraction of sp³-hybridized carbons (Fsp3) is 0.212. The molecule has 0 aliphatic rings. The van der Waals surface area contributed by atoms with Crippen LogP contribution in [0.15, 0.2) is 97.1 Å². The number of hydrogen-bond acceptors (Lipinski definition) is 4. The number of rotatable bonds is 12. The Morgan fingerprint density at radius 1 is 0.850 bits per heavy atom. The molecule has 0 fully saturated rings. The molecule has 0 aromatic heterocycles. The minimum atomic E-state index is -1.02. The number of carbonyl (C=O) groups is 2. The van der Waals surface area contributed by atoms with Crippen molar-refractivity contribution in [2.24, 2.45) is 0 Å². The number of nitrogens with one attached hydrogen (secondary N) is 1. The molecule has 1 atom stereocenters. The third kappa shape index (κ3) is 8.53. The molecule has 0 spiro atoms. The van der Waals surface area contributed by atoms with E-state index in [0.717, 1.165) is 46.6 Å². The molecule has 1 unspecified atom stereocenters. The van der Waals surface area contributed by atoms with Crippen LogP contribution in [0.25, 0.3) is 11.1 Å². The van der Waals surface area contributed by atoms with Crippen LogP contribution in [0.3, 0.4) is 0 Å². The quantitative estimate of drug-likeness (QED) is 0.259. The van der Waals surface area contributed by atoms with E-state index in [4.69, 9.17) is 4.74 Å². The topological polar surface area (TPSA) is 75.6 Å². The SMILES string of the molecule is CSCCC(NC(=O)c1ccc(CCc2ccc(Oc3ccccc3)cc2)cc1-c1ccccc1C)C(=O)O.[H-].[Li+]. The van der Waals surface area contributed by atoms with E-state index in [0.29, 0.717) is 17.7 Å². The van der Waals surface area contributed by atoms with Gasteiger partial charge < -0.3 is 16.6 Å². The van der Waals surface area contributed by atoms with Gasteiger partial charge in [0.2, 0.25) is 0 Å². The van der Waals surface area contributed by atoms with Gasteiger partial charge in [-0.25, -0.2) is 4.79 Å². The third-order valence-corrected chi connectivity index (χ3v) is 7.23. The van der Waals surface area contributed by atoms with Crippen LogP contribution in [0.1, 0.15) is 34.9 Å². The minimum absolute atomic E-state index is 0. The Balaban J connectivity index is 0.00000294. The fourth-order valence-electron chi connectivity index (χ4n) is 4.41. The predicted octanol–water partition coefficient (Wildman–Crippen LogP) is 4.29. The van der Waals surface area contributed by atoms with Crippen LogP contribution in [0.4, 0.5) is 0 Å². The molecule has 0 heterocycles. The molecule has 0 aliphatic heterocycles. The normalized spacial score (nSPS) is 11.2. The summed E-state index contributed by atoms with van der Waals surface area (Å²) in [6, 6.07) is 30.6. The number of carboxylic acids is 1. The van der Waals surface area contributed by atoms with E-state index in [1.165, 1.54) is 5.56 Å². The number of para-hydroxylation sites is 1. The number of aryl methyl sites for hydroxylation is 3. The number of thioether (sulfide) groups is 1. The van der Waals surface area contributed by atoms with Gasteiger partial charge in [-0.1, -0.05) is 66.7 Å². The van der Waals surface area contributed by atoms with Gasteiger partial charge in [-0.3, -0.25) is 4.79 Å². The average molecular weight is 548 g/mol. The first kappa shape index (κ1) is 31.1. The van der Waals surface area contributed by atoms with Crippen LogP contribution in [-0.4, -0.2) is 35.0 Å². The second-order valence-corrected chi connectivity index (χ2v) is 10.4. The van der Waals surface area contributed by atoms with Gasteiger partial charge in [0.1, 0.15) is 17.5 Å². The van der Waals surface area contributed by atoms with E-state index < -0.39 is 12.0 Å². The van der Waals surface area contributed by atoms with Crippen LogP contribution in [0.2, 0.25) is 0 Å². The van der Waals surface area contributed by atoms with Gasteiger partial charge in [0.05, 0.1) is 0 Å². The number of carboxylic acid groups (broad SMARTS) is 1. The van der Waals surface area contributed by atoms with Crippen LogP contribution in [-0.2, 0) is 17.6 Å². The minimum Gasteiger partial charge on any atom is -1.00 e. The Morgan fingerprint density at radius 2 is 1.48 bits per heavy atom. The van der Waals surface area contributed by atoms with Crippen molar-refractivity contribution < 1.29 is 39.7 Å². The zero-order valence-electron chi connectivity index (χ0n) is 24.2. The molecule has 2 N–H and O–H groups in total. The third-order valence-electron chi connectivity index (χ3n) is 6.58. The van der Waals surface area contributed by atoms with Crippen LogP contribution < -0.4 is 28.9 Å². The molecule has 0 saturated carbocycles. The molecule has 0 saturated heterocycles. The monoisotopic (exact) mass is 547 g/mol. The number of hydrogen-bond donors (Lipinski definition) is 2. The van der Waals surface area contributed by atoms with Gasteiger partial charge in [-0.15, -0.1) is 0 Å². The molecule has 4 aromatic carbocycles. The van der Waals surface area contributed by atoms with Crippen LogP contribution >= 0.6 is 11.8 Å². The molecule has 5 nitrogen and oxygen atoms in total. The van der Waals surface area contributed by atoms with E-state index in [-0.39, 0.29) is 26.2 Å². The molecule has 0 aliphatic carbocycles. The maximum atomic E-state index is 13.3. The van der Waals surface area contributed by atoms with Gasteiger partial charge in [0.25, 0.3) is 5.91 Å². The molecular formula is C33H34LiNO4S. The van der Waals surface area contributed by atoms with Gasteiger partial charge in [0.15, 0.2) is 0 Å². The molecule has 4 aromatic rings. The Kier molecular flexibility index (Phi) is 12.0. The Hall–Kier alpha value is -3.43. The Bertz CT molecular complexity index is 1420. The Labute approximate surface area is 254 Å². The summed E-state index contributed by atoms with van der Waals surface area (Å²) in [5.41, 5.74) is 5.59. The number of carbonyl (C=O) groups excluding carboxylic acids is 1. The number of benzene rings is 4. The summed E-state index contributed by atoms with van der Waals surface area (Å²) in [4.78, 5) is 25.0. The average Bonchev–Trinajstić information content (AvgIpc) is 2.95. The van der Waals surface area contributed by atoms with Crippen molar-refractivity contribution in [2.45, 2.75) is 32.2 Å². The van der Waals surface area contributed by atoms with Gasteiger partial charge >= 0.3 is 24.8 Å². The van der Waals surface area contributed by atoms with Crippen molar-refractivity contribution in [1.29, 1.82) is 0 Å². The molecule has 4 rings (SSSR count). The Morgan fingerprint density at radius 3 is 2.15 bits per heavy atom. The molecule has 1 amide bonds. The smallest absolute Gasteiger partial charge is 1.00 e. The van der Waals surface area contributed by atoms with Crippen LogP contribution in [0.5, 0.6) is 11.5 Å². The van der Waals surface area contributed by atoms with E-state index >= 15 is 0 Å². The summed E-state index contributed by atoms with van der Waals surface area (Å²) >= 11 is 1.56. The molecule has 0 radical (unpaired) electrons. The predicted molar refractivity (Wildman–Crippen MR) is 160 cm³/mol. The number of aliphatic carboxylic acids is 1. The summed E-state index contributed by atoms with van der Waals surface area (Å²) in [5, 5.41) is 12.3. The standard InChI is InChI=1S/C33H33NO4S.Li.H/c1-23-8-6-7-11-28(23)30-22-25(16-19-29(30)32(35)34-31(33(36)37)20-21-39-2)13-12-24-14-17-27(18-15-24)38-26-9-4-3-5-10-26;;/h3-11,14-19,22,31H,12-13,20-21H2,1-2H3,(H,34,35)(H,36,37);;/q;+1;-1. The van der Waals surface area contributed by atoms with E-state index in [1.54, 1.807) is 11.8 Å². The largest absolute Gasteiger partial charge is 1.00 e. The van der Waals surface area contributed by atoms with Gasteiger partial charge in [-0.2, -0.15) is 11.8 Å². The van der Waals surface area contributed by atoms with E-state index in [9.17, 15) is 14.7 Å². The molecule has 0 bridgehead atoms. The maximum absolute atomic E-state index is 13.3. The molecular weight excluding hydrogens is 513 g/mol. The molecule has 202 valence electrons. The van der Waals surface area contributed by atoms with Crippen molar-refractivity contribution in [3.05, 3.63) is 119 Å². The first-order valence-electron chi connectivity index (χ1n) is 13.0. The van der Waals surface area contributed by atoms with Crippen molar-refractivity contribution in [3.63, 3.8) is 0 Å². The van der Waals surface area contributed by atoms with Crippen molar-refractivity contribution in [3.8, 4) is 22.6 Å². The number of ether oxygens (including phenoxy) is 1. The summed E-state index contributed by atoms with van der Waals surface area (Å²) < 4.78 is 5.90. The van der Waals surface area contributed by atoms with Gasteiger partial charge in [-0.05, 0) is 96.3 Å². The molecule has 7 heteroatoms. The number of amides is 1. The summed E-state index contributed by atoms with van der Waals surface area (Å²) in [6.45, 7) is 2.02. The zero-order valence-corrected chi connectivity index (χ0v) is 24.0. The maximum Gasteiger partial charge on any atom is 1.00 e. The van der Waals surface area contributed by atoms with Crippen LogP contribution in [0, 0.1) is 6.92 Å². The van der Waals surface area contributed by atoms with Crippen molar-refractivity contribution >= 4 is 23.6 Å². The van der Waals surface area contributed by atoms with E-state index in [2.05, 4.69) is 23.5 Å². The first-order chi connectivity index (χ1) is 18.9. The van der Waals surface area contributed by atoms with Crippen molar-refractivity contribution in [1.82, 2.24) is 5.32 Å². The second kappa shape index (κ2) is 15.4.